The lowest BCUT2D eigenvalue weighted by atomic mass is 9.89. The van der Waals surface area contributed by atoms with Gasteiger partial charge in [0.2, 0.25) is 0 Å². The first-order chi connectivity index (χ1) is 13.7. The average molecular weight is 435 g/mol. The van der Waals surface area contributed by atoms with Gasteiger partial charge in [-0.2, -0.15) is 0 Å². The molecule has 0 bridgehead atoms. The second-order valence-electron chi connectivity index (χ2n) is 8.44. The predicted molar refractivity (Wildman–Crippen MR) is 125 cm³/mol. The highest BCUT2D eigenvalue weighted by molar-refractivity contribution is 6.36. The van der Waals surface area contributed by atoms with Crippen LogP contribution in [0.5, 0.6) is 0 Å². The van der Waals surface area contributed by atoms with Crippen molar-refractivity contribution in [1.82, 2.24) is 4.90 Å². The molecule has 29 heavy (non-hydrogen) atoms. The number of hydrogen-bond donors (Lipinski definition) is 1. The fourth-order valence-corrected chi connectivity index (χ4v) is 5.13. The minimum absolute atomic E-state index is 0.384. The molecule has 0 aromatic heterocycles. The summed E-state index contributed by atoms with van der Waals surface area (Å²) in [4.78, 5) is 4.69. The molecule has 0 amide bonds. The van der Waals surface area contributed by atoms with Crippen LogP contribution in [-0.4, -0.2) is 41.8 Å². The Morgan fingerprint density at radius 1 is 1.03 bits per heavy atom. The van der Waals surface area contributed by atoms with Crippen LogP contribution >= 0.6 is 23.2 Å². The third kappa shape index (κ3) is 4.74. The lowest BCUT2D eigenvalue weighted by Gasteiger charge is -2.45. The lowest BCUT2D eigenvalue weighted by molar-refractivity contribution is -0.0872. The van der Waals surface area contributed by atoms with Gasteiger partial charge >= 0.3 is 0 Å². The van der Waals surface area contributed by atoms with Gasteiger partial charge in [0.1, 0.15) is 0 Å². The fraction of sp³-hybridized carbons (Fsp3) is 0.500. The first-order valence-corrected chi connectivity index (χ1v) is 11.2. The summed E-state index contributed by atoms with van der Waals surface area (Å²) in [5.74, 6) is 0.384. The summed E-state index contributed by atoms with van der Waals surface area (Å²) in [6.07, 6.45) is 0. The van der Waals surface area contributed by atoms with Gasteiger partial charge in [-0.25, -0.2) is 0 Å². The lowest BCUT2D eigenvalue weighted by Crippen LogP contribution is -2.59. The van der Waals surface area contributed by atoms with Gasteiger partial charge in [0.15, 0.2) is 0 Å². The number of nitrogens with zero attached hydrogens (tertiary/aromatic N) is 2. The van der Waals surface area contributed by atoms with Gasteiger partial charge in [0.25, 0.3) is 0 Å². The molecule has 3 nitrogen and oxygen atoms in total. The molecule has 0 radical (unpaired) electrons. The number of aliphatic hydroxyl groups is 1. The maximum absolute atomic E-state index is 9.95. The van der Waals surface area contributed by atoms with Crippen molar-refractivity contribution >= 4 is 28.9 Å². The molecule has 2 fully saturated rings. The Labute approximate surface area is 185 Å². The van der Waals surface area contributed by atoms with Gasteiger partial charge in [-0.15, -0.1) is 0 Å². The van der Waals surface area contributed by atoms with E-state index in [1.807, 2.05) is 39.0 Å². The van der Waals surface area contributed by atoms with Gasteiger partial charge in [0, 0.05) is 54.4 Å². The van der Waals surface area contributed by atoms with Crippen LogP contribution in [0.4, 0.5) is 5.69 Å². The zero-order chi connectivity index (χ0) is 21.3. The van der Waals surface area contributed by atoms with Crippen molar-refractivity contribution in [2.24, 2.45) is 0 Å². The molecule has 4 rings (SSSR count). The Morgan fingerprint density at radius 2 is 1.55 bits per heavy atom. The maximum Gasteiger partial charge on any atom is 0.0872 e. The van der Waals surface area contributed by atoms with Crippen molar-refractivity contribution < 1.29 is 5.11 Å². The second kappa shape index (κ2) is 8.85. The molecular weight excluding hydrogens is 403 g/mol. The van der Waals surface area contributed by atoms with Crippen molar-refractivity contribution in [1.29, 1.82) is 0 Å². The van der Waals surface area contributed by atoms with E-state index in [0.717, 1.165) is 48.3 Å². The largest absolute Gasteiger partial charge is 0.388 e. The van der Waals surface area contributed by atoms with Crippen molar-refractivity contribution in [2.75, 3.05) is 31.1 Å². The Kier molecular flexibility index (Phi) is 6.84. The zero-order valence-electron chi connectivity index (χ0n) is 18.1. The van der Waals surface area contributed by atoms with Crippen LogP contribution < -0.4 is 4.90 Å². The van der Waals surface area contributed by atoms with Gasteiger partial charge in [0.05, 0.1) is 5.60 Å². The van der Waals surface area contributed by atoms with Crippen LogP contribution in [0.15, 0.2) is 30.3 Å². The third-order valence-corrected chi connectivity index (χ3v) is 6.50. The highest BCUT2D eigenvalue weighted by Gasteiger charge is 2.36. The molecule has 0 atom stereocenters. The van der Waals surface area contributed by atoms with E-state index in [1.54, 1.807) is 0 Å². The van der Waals surface area contributed by atoms with E-state index < -0.39 is 5.60 Å². The normalized spacial score (nSPS) is 18.6. The SMILES string of the molecule is CC.Cc1cc(N2CC(c3c(Cl)cccc3Cl)C2)cc(C)c1CN1CC(C)(O)C1. The molecule has 0 aliphatic carbocycles. The number of benzene rings is 2. The Bertz CT molecular complexity index is 824. The van der Waals surface area contributed by atoms with E-state index in [9.17, 15) is 5.11 Å². The summed E-state index contributed by atoms with van der Waals surface area (Å²) in [5.41, 5.74) is 5.83. The summed E-state index contributed by atoms with van der Waals surface area (Å²) in [6.45, 7) is 14.6. The van der Waals surface area contributed by atoms with Gasteiger partial charge in [-0.05, 0) is 67.3 Å². The molecule has 158 valence electrons. The second-order valence-corrected chi connectivity index (χ2v) is 9.25. The minimum atomic E-state index is -0.519. The van der Waals surface area contributed by atoms with Crippen molar-refractivity contribution in [3.8, 4) is 0 Å². The third-order valence-electron chi connectivity index (χ3n) is 5.85. The quantitative estimate of drug-likeness (QED) is 0.657. The number of β-amino-alcohol motifs (C(OH)–C–C–N with tert-alkyl or cyclic N) is 1. The predicted octanol–water partition coefficient (Wildman–Crippen LogP) is 5.81. The number of rotatable bonds is 4. The number of aryl methyl sites for hydroxylation is 2. The molecular formula is C24H32Cl2N2O. The molecule has 2 aromatic carbocycles. The van der Waals surface area contributed by atoms with E-state index in [4.69, 9.17) is 23.2 Å². The van der Waals surface area contributed by atoms with Crippen LogP contribution in [-0.2, 0) is 6.54 Å². The topological polar surface area (TPSA) is 26.7 Å². The first kappa shape index (κ1) is 22.4. The smallest absolute Gasteiger partial charge is 0.0872 e. The van der Waals surface area contributed by atoms with Crippen molar-refractivity contribution in [3.05, 3.63) is 62.6 Å². The maximum atomic E-state index is 9.95. The summed E-state index contributed by atoms with van der Waals surface area (Å²) in [7, 11) is 0. The number of halogens is 2. The Morgan fingerprint density at radius 3 is 2.03 bits per heavy atom. The summed E-state index contributed by atoms with van der Waals surface area (Å²) < 4.78 is 0. The minimum Gasteiger partial charge on any atom is -0.388 e. The van der Waals surface area contributed by atoms with Crippen molar-refractivity contribution in [3.63, 3.8) is 0 Å². The van der Waals surface area contributed by atoms with Crippen LogP contribution in [0.2, 0.25) is 10.0 Å². The molecule has 2 aromatic rings. The zero-order valence-corrected chi connectivity index (χ0v) is 19.6. The van der Waals surface area contributed by atoms with Crippen LogP contribution in [0.25, 0.3) is 0 Å². The van der Waals surface area contributed by atoms with E-state index in [2.05, 4.69) is 35.8 Å². The van der Waals surface area contributed by atoms with Crippen LogP contribution in [0.3, 0.4) is 0 Å². The fourth-order valence-electron chi connectivity index (χ4n) is 4.43. The molecule has 2 aliphatic rings. The van der Waals surface area contributed by atoms with Crippen LogP contribution in [0.1, 0.15) is 48.9 Å². The monoisotopic (exact) mass is 434 g/mol. The molecule has 0 spiro atoms. The molecule has 2 heterocycles. The summed E-state index contributed by atoms with van der Waals surface area (Å²) >= 11 is 12.7. The molecule has 0 saturated carbocycles. The summed E-state index contributed by atoms with van der Waals surface area (Å²) in [6, 6.07) is 10.3. The molecule has 2 aliphatic heterocycles. The van der Waals surface area contributed by atoms with Gasteiger partial charge in [-0.3, -0.25) is 4.90 Å². The molecule has 2 saturated heterocycles. The molecule has 1 N–H and O–H groups in total. The summed E-state index contributed by atoms with van der Waals surface area (Å²) in [5, 5.41) is 11.5. The number of likely N-dealkylation sites (tertiary alicyclic amines) is 1. The average Bonchev–Trinajstić information content (AvgIpc) is 2.59. The van der Waals surface area contributed by atoms with Gasteiger partial charge < -0.3 is 10.0 Å². The highest BCUT2D eigenvalue weighted by atomic mass is 35.5. The number of anilines is 1. The Balaban J connectivity index is 0.00000117. The standard InChI is InChI=1S/C22H26Cl2N2O.C2H6/c1-14-7-17(8-15(2)18(14)11-25-12-22(3,27)13-25)26-9-16(10-26)21-19(23)5-4-6-20(21)24;1-2/h4-8,16,27H,9-13H2,1-3H3;1-2H3. The van der Waals surface area contributed by atoms with E-state index in [0.29, 0.717) is 5.92 Å². The highest BCUT2D eigenvalue weighted by Crippen LogP contribution is 2.39. The van der Waals surface area contributed by atoms with Gasteiger partial charge in [-0.1, -0.05) is 43.1 Å². The molecule has 5 heteroatoms. The number of hydrogen-bond acceptors (Lipinski definition) is 3. The van der Waals surface area contributed by atoms with E-state index in [-0.39, 0.29) is 0 Å². The first-order valence-electron chi connectivity index (χ1n) is 10.5. The van der Waals surface area contributed by atoms with E-state index >= 15 is 0 Å². The van der Waals surface area contributed by atoms with E-state index in [1.165, 1.54) is 22.4 Å². The van der Waals surface area contributed by atoms with Crippen LogP contribution in [0, 0.1) is 13.8 Å². The van der Waals surface area contributed by atoms with Crippen molar-refractivity contribution in [2.45, 2.75) is 52.7 Å². The molecule has 0 unspecified atom stereocenters. The Hall–Kier alpha value is -1.26.